The minimum Gasteiger partial charge on any atom is -0.463 e. The molecule has 156 valence electrons. The molecule has 0 unspecified atom stereocenters. The van der Waals surface area contributed by atoms with E-state index in [4.69, 9.17) is 9.73 Å². The lowest BCUT2D eigenvalue weighted by Crippen LogP contribution is -2.51. The first-order chi connectivity index (χ1) is 14.5. The van der Waals surface area contributed by atoms with Crippen LogP contribution in [-0.2, 0) is 9.53 Å². The molecule has 0 spiro atoms. The van der Waals surface area contributed by atoms with Crippen molar-refractivity contribution in [1.82, 2.24) is 15.2 Å². The van der Waals surface area contributed by atoms with E-state index >= 15 is 0 Å². The Hall–Kier alpha value is -2.59. The van der Waals surface area contributed by atoms with Crippen molar-refractivity contribution < 1.29 is 18.3 Å². The van der Waals surface area contributed by atoms with Gasteiger partial charge in [0.25, 0.3) is 0 Å². The fraction of sp³-hybridized carbons (Fsp3) is 0.350. The van der Waals surface area contributed by atoms with Gasteiger partial charge in [0.15, 0.2) is 10.8 Å². The maximum Gasteiger partial charge on any atom is 0.338 e. The largest absolute Gasteiger partial charge is 0.463 e. The molecule has 1 fully saturated rings. The molecule has 2 aliphatic heterocycles. The van der Waals surface area contributed by atoms with E-state index in [1.54, 1.807) is 27.0 Å². The fourth-order valence-corrected chi connectivity index (χ4v) is 4.24. The molecule has 0 radical (unpaired) electrons. The summed E-state index contributed by atoms with van der Waals surface area (Å²) in [5.41, 5.74) is 2.35. The minimum absolute atomic E-state index is 0.212. The van der Waals surface area contributed by atoms with E-state index in [0.717, 1.165) is 0 Å². The summed E-state index contributed by atoms with van der Waals surface area (Å²) in [4.78, 5) is 23.9. The SMILES string of the molecule is Bc1cc(F)ccc1[C@@H]1N=C(c2nccs2)NC(CN2CC(F)C2)=C1C(=O)OCC. The van der Waals surface area contributed by atoms with Gasteiger partial charge in [-0.25, -0.2) is 18.6 Å². The van der Waals surface area contributed by atoms with Crippen LogP contribution in [0.1, 0.15) is 23.5 Å². The van der Waals surface area contributed by atoms with Gasteiger partial charge in [0.2, 0.25) is 0 Å². The van der Waals surface area contributed by atoms with Gasteiger partial charge in [0.1, 0.15) is 25.9 Å². The van der Waals surface area contributed by atoms with E-state index in [1.807, 2.05) is 10.3 Å². The Balaban J connectivity index is 1.81. The predicted molar refractivity (Wildman–Crippen MR) is 114 cm³/mol. The number of rotatable bonds is 6. The number of nitrogens with one attached hydrogen (secondary N) is 1. The molecule has 1 saturated heterocycles. The highest BCUT2D eigenvalue weighted by Crippen LogP contribution is 2.33. The van der Waals surface area contributed by atoms with E-state index in [0.29, 0.717) is 52.8 Å². The highest BCUT2D eigenvalue weighted by atomic mass is 32.1. The number of alkyl halides is 1. The maximum atomic E-state index is 13.7. The smallest absolute Gasteiger partial charge is 0.338 e. The van der Waals surface area contributed by atoms with Gasteiger partial charge in [0.05, 0.1) is 12.2 Å². The Bertz CT molecular complexity index is 1010. The van der Waals surface area contributed by atoms with Crippen molar-refractivity contribution in [3.05, 3.63) is 57.4 Å². The first-order valence-electron chi connectivity index (χ1n) is 9.73. The number of aliphatic imine (C=N–C) groups is 1. The summed E-state index contributed by atoms with van der Waals surface area (Å²) in [6.07, 6.45) is 0.817. The molecule has 6 nitrogen and oxygen atoms in total. The second-order valence-corrected chi connectivity index (χ2v) is 8.14. The van der Waals surface area contributed by atoms with Crippen LogP contribution in [0.3, 0.4) is 0 Å². The Kier molecular flexibility index (Phi) is 5.96. The first kappa shape index (κ1) is 20.7. The minimum atomic E-state index is -0.859. The van der Waals surface area contributed by atoms with Gasteiger partial charge in [-0.3, -0.25) is 9.89 Å². The predicted octanol–water partition coefficient (Wildman–Crippen LogP) is 1.10. The number of amidine groups is 1. The van der Waals surface area contributed by atoms with Crippen molar-refractivity contribution in [3.63, 3.8) is 0 Å². The topological polar surface area (TPSA) is 66.8 Å². The molecular weight excluding hydrogens is 409 g/mol. The van der Waals surface area contributed by atoms with Crippen molar-refractivity contribution >= 4 is 36.5 Å². The molecule has 1 N–H and O–H groups in total. The van der Waals surface area contributed by atoms with Crippen molar-refractivity contribution in [2.24, 2.45) is 4.99 Å². The van der Waals surface area contributed by atoms with E-state index < -0.39 is 18.2 Å². The average molecular weight is 430 g/mol. The highest BCUT2D eigenvalue weighted by molar-refractivity contribution is 7.11. The molecule has 1 aromatic carbocycles. The number of carbonyl (C=O) groups excluding carboxylic acids is 1. The Morgan fingerprint density at radius 3 is 2.87 bits per heavy atom. The molecule has 2 aliphatic rings. The number of carbonyl (C=O) groups is 1. The van der Waals surface area contributed by atoms with Crippen LogP contribution >= 0.6 is 11.3 Å². The quantitative estimate of drug-likeness (QED) is 0.550. The zero-order valence-electron chi connectivity index (χ0n) is 16.7. The van der Waals surface area contributed by atoms with Crippen LogP contribution in [-0.4, -0.2) is 61.9 Å². The normalized spacial score (nSPS) is 19.8. The summed E-state index contributed by atoms with van der Waals surface area (Å²) < 4.78 is 32.4. The number of thiazole rings is 1. The molecular formula is C20H21BF2N4O2S. The Morgan fingerprint density at radius 1 is 1.43 bits per heavy atom. The number of nitrogens with zero attached hydrogens (tertiary/aromatic N) is 3. The van der Waals surface area contributed by atoms with E-state index in [2.05, 4.69) is 10.3 Å². The molecule has 3 heterocycles. The molecule has 30 heavy (non-hydrogen) atoms. The number of likely N-dealkylation sites (tertiary alicyclic amines) is 1. The lowest BCUT2D eigenvalue weighted by atomic mass is 9.83. The lowest BCUT2D eigenvalue weighted by Gasteiger charge is -2.37. The lowest BCUT2D eigenvalue weighted by molar-refractivity contribution is -0.139. The van der Waals surface area contributed by atoms with Crippen LogP contribution in [0.4, 0.5) is 8.78 Å². The number of ether oxygens (including phenoxy) is 1. The third kappa shape index (κ3) is 4.15. The van der Waals surface area contributed by atoms with Crippen LogP contribution in [0.2, 0.25) is 0 Å². The molecule has 0 bridgehead atoms. The van der Waals surface area contributed by atoms with Gasteiger partial charge >= 0.3 is 5.97 Å². The summed E-state index contributed by atoms with van der Waals surface area (Å²) in [5, 5.41) is 5.74. The zero-order chi connectivity index (χ0) is 21.3. The average Bonchev–Trinajstić information content (AvgIpc) is 3.21. The zero-order valence-corrected chi connectivity index (χ0v) is 17.5. The molecule has 1 aromatic heterocycles. The highest BCUT2D eigenvalue weighted by Gasteiger charge is 2.36. The Labute approximate surface area is 178 Å². The summed E-state index contributed by atoms with van der Waals surface area (Å²) >= 11 is 1.42. The number of hydrogen-bond acceptors (Lipinski definition) is 7. The monoisotopic (exact) mass is 430 g/mol. The van der Waals surface area contributed by atoms with Gasteiger partial charge in [-0.15, -0.1) is 11.3 Å². The third-order valence-electron chi connectivity index (χ3n) is 5.08. The third-order valence-corrected chi connectivity index (χ3v) is 5.86. The standard InChI is InChI=1S/C20H21BF2N4O2S/c1-2-29-20(28)16-15(10-27-8-12(23)9-27)25-18(19-24-5-6-30-19)26-17(16)13-4-3-11(22)7-14(13)21/h3-7,12,17H,2,8-10,21H2,1H3,(H,25,26)/t17-/m0/s1. The van der Waals surface area contributed by atoms with E-state index in [1.165, 1.54) is 23.5 Å². The van der Waals surface area contributed by atoms with E-state index in [-0.39, 0.29) is 12.4 Å². The van der Waals surface area contributed by atoms with E-state index in [9.17, 15) is 13.6 Å². The van der Waals surface area contributed by atoms with Crippen LogP contribution in [0.15, 0.2) is 46.0 Å². The van der Waals surface area contributed by atoms with Crippen molar-refractivity contribution in [2.75, 3.05) is 26.2 Å². The summed E-state index contributed by atoms with van der Waals surface area (Å²) in [7, 11) is 1.78. The molecule has 0 aliphatic carbocycles. The van der Waals surface area contributed by atoms with Crippen molar-refractivity contribution in [3.8, 4) is 0 Å². The van der Waals surface area contributed by atoms with Gasteiger partial charge in [-0.1, -0.05) is 11.5 Å². The number of benzene rings is 1. The maximum absolute atomic E-state index is 13.7. The van der Waals surface area contributed by atoms with Gasteiger partial charge in [-0.05, 0) is 24.6 Å². The molecule has 1 atom stereocenters. The first-order valence-corrected chi connectivity index (χ1v) is 10.6. The second-order valence-electron chi connectivity index (χ2n) is 7.25. The van der Waals surface area contributed by atoms with Crippen LogP contribution < -0.4 is 10.8 Å². The summed E-state index contributed by atoms with van der Waals surface area (Å²) in [6, 6.07) is 3.74. The second kappa shape index (κ2) is 8.65. The summed E-state index contributed by atoms with van der Waals surface area (Å²) in [5.74, 6) is -0.321. The van der Waals surface area contributed by atoms with Crippen LogP contribution in [0.25, 0.3) is 0 Å². The molecule has 4 rings (SSSR count). The van der Waals surface area contributed by atoms with Crippen LogP contribution in [0.5, 0.6) is 0 Å². The number of hydrogen-bond donors (Lipinski definition) is 1. The summed E-state index contributed by atoms with van der Waals surface area (Å²) in [6.45, 7) is 2.93. The molecule has 10 heteroatoms. The van der Waals surface area contributed by atoms with Crippen molar-refractivity contribution in [2.45, 2.75) is 19.1 Å². The van der Waals surface area contributed by atoms with Gasteiger partial charge in [0, 0.05) is 36.9 Å². The van der Waals surface area contributed by atoms with Gasteiger partial charge in [-0.2, -0.15) is 0 Å². The van der Waals surface area contributed by atoms with Gasteiger partial charge < -0.3 is 10.1 Å². The molecule has 0 amide bonds. The Morgan fingerprint density at radius 2 is 2.23 bits per heavy atom. The fourth-order valence-electron chi connectivity index (χ4n) is 3.65. The number of aromatic nitrogens is 1. The number of halogens is 2. The van der Waals surface area contributed by atoms with Crippen molar-refractivity contribution in [1.29, 1.82) is 0 Å². The number of esters is 1. The van der Waals surface area contributed by atoms with Crippen LogP contribution in [0, 0.1) is 5.82 Å². The molecule has 0 saturated carbocycles. The molecule has 2 aromatic rings.